The van der Waals surface area contributed by atoms with E-state index in [-0.39, 0.29) is 11.4 Å². The quantitative estimate of drug-likeness (QED) is 0.570. The van der Waals surface area contributed by atoms with E-state index in [0.717, 1.165) is 37.4 Å². The number of nitrogens with one attached hydrogen (secondary N) is 2. The molecule has 1 aliphatic heterocycles. The Morgan fingerprint density at radius 3 is 2.22 bits per heavy atom. The highest BCUT2D eigenvalue weighted by molar-refractivity contribution is 6.43. The van der Waals surface area contributed by atoms with Crippen molar-refractivity contribution in [3.63, 3.8) is 0 Å². The predicted octanol–water partition coefficient (Wildman–Crippen LogP) is 2.03. The number of amides is 2. The van der Waals surface area contributed by atoms with Crippen molar-refractivity contribution in [1.29, 1.82) is 0 Å². The van der Waals surface area contributed by atoms with E-state index in [1.807, 2.05) is 19.1 Å². The van der Waals surface area contributed by atoms with Gasteiger partial charge in [0.2, 0.25) is 0 Å². The van der Waals surface area contributed by atoms with Crippen molar-refractivity contribution in [2.75, 3.05) is 48.8 Å². The number of nitrogens with zero attached hydrogens (tertiary/aromatic N) is 2. The summed E-state index contributed by atoms with van der Waals surface area (Å²) in [6, 6.07) is 12.2. The summed E-state index contributed by atoms with van der Waals surface area (Å²) >= 11 is 0. The third-order valence-electron chi connectivity index (χ3n) is 4.60. The van der Waals surface area contributed by atoms with Gasteiger partial charge >= 0.3 is 11.8 Å². The van der Waals surface area contributed by atoms with Gasteiger partial charge in [-0.05, 0) is 55.9 Å². The Bertz CT molecular complexity index is 828. The summed E-state index contributed by atoms with van der Waals surface area (Å²) in [5, 5.41) is 14.8. The molecule has 1 aliphatic rings. The lowest BCUT2D eigenvalue weighted by molar-refractivity contribution is -0.133. The van der Waals surface area contributed by atoms with E-state index in [4.69, 9.17) is 0 Å². The van der Waals surface area contributed by atoms with E-state index in [1.165, 1.54) is 6.07 Å². The molecular formula is C20H24N4O3. The number of likely N-dealkylation sites (N-methyl/N-ethyl adjacent to an activating group) is 1. The minimum Gasteiger partial charge on any atom is -0.506 e. The molecule has 1 saturated heterocycles. The van der Waals surface area contributed by atoms with Crippen LogP contribution >= 0.6 is 0 Å². The highest BCUT2D eigenvalue weighted by Gasteiger charge is 2.17. The Morgan fingerprint density at radius 1 is 0.926 bits per heavy atom. The number of aryl methyl sites for hydroxylation is 1. The van der Waals surface area contributed by atoms with Gasteiger partial charge in [0, 0.05) is 37.6 Å². The smallest absolute Gasteiger partial charge is 0.314 e. The molecule has 27 heavy (non-hydrogen) atoms. The van der Waals surface area contributed by atoms with E-state index >= 15 is 0 Å². The van der Waals surface area contributed by atoms with Crippen LogP contribution in [0.1, 0.15) is 5.56 Å². The lowest BCUT2D eigenvalue weighted by Gasteiger charge is -2.34. The van der Waals surface area contributed by atoms with Crippen LogP contribution in [-0.2, 0) is 9.59 Å². The number of benzene rings is 2. The van der Waals surface area contributed by atoms with E-state index < -0.39 is 11.8 Å². The third-order valence-corrected chi connectivity index (χ3v) is 4.60. The van der Waals surface area contributed by atoms with Crippen molar-refractivity contribution in [3.8, 4) is 5.75 Å². The molecule has 1 fully saturated rings. The Kier molecular flexibility index (Phi) is 5.61. The van der Waals surface area contributed by atoms with Gasteiger partial charge in [-0.2, -0.15) is 0 Å². The number of anilines is 3. The Morgan fingerprint density at radius 2 is 1.56 bits per heavy atom. The second-order valence-corrected chi connectivity index (χ2v) is 6.77. The molecular weight excluding hydrogens is 344 g/mol. The maximum absolute atomic E-state index is 12.1. The molecule has 7 heteroatoms. The van der Waals surface area contributed by atoms with Crippen molar-refractivity contribution in [1.82, 2.24) is 4.90 Å². The first-order valence-electron chi connectivity index (χ1n) is 8.88. The van der Waals surface area contributed by atoms with E-state index in [2.05, 4.69) is 27.5 Å². The summed E-state index contributed by atoms with van der Waals surface area (Å²) in [5.41, 5.74) is 2.71. The SMILES string of the molecule is Cc1ccc(O)c(NC(=O)C(=O)Nc2ccc(N3CCN(C)CC3)cc2)c1. The molecule has 0 radical (unpaired) electrons. The maximum atomic E-state index is 12.1. The lowest BCUT2D eigenvalue weighted by Crippen LogP contribution is -2.44. The second kappa shape index (κ2) is 8.09. The van der Waals surface area contributed by atoms with E-state index in [9.17, 15) is 14.7 Å². The average molecular weight is 368 g/mol. The van der Waals surface area contributed by atoms with Crippen LogP contribution in [0.3, 0.4) is 0 Å². The fourth-order valence-electron chi connectivity index (χ4n) is 2.94. The lowest BCUT2D eigenvalue weighted by atomic mass is 10.2. The third kappa shape index (κ3) is 4.77. The number of carbonyl (C=O) groups excluding carboxylic acids is 2. The molecule has 7 nitrogen and oxygen atoms in total. The van der Waals surface area contributed by atoms with E-state index in [1.54, 1.807) is 24.3 Å². The Balaban J connectivity index is 1.58. The van der Waals surface area contributed by atoms with Crippen molar-refractivity contribution >= 4 is 28.9 Å². The van der Waals surface area contributed by atoms with Crippen molar-refractivity contribution in [3.05, 3.63) is 48.0 Å². The molecule has 0 spiro atoms. The van der Waals surface area contributed by atoms with Gasteiger partial charge in [-0.15, -0.1) is 0 Å². The van der Waals surface area contributed by atoms with Gasteiger partial charge in [0.15, 0.2) is 0 Å². The molecule has 0 atom stereocenters. The van der Waals surface area contributed by atoms with Gasteiger partial charge < -0.3 is 25.5 Å². The van der Waals surface area contributed by atoms with Gasteiger partial charge in [-0.25, -0.2) is 0 Å². The molecule has 0 saturated carbocycles. The van der Waals surface area contributed by atoms with Crippen LogP contribution in [0.5, 0.6) is 5.75 Å². The highest BCUT2D eigenvalue weighted by Crippen LogP contribution is 2.24. The van der Waals surface area contributed by atoms with E-state index in [0.29, 0.717) is 5.69 Å². The number of hydrogen-bond acceptors (Lipinski definition) is 5. The van der Waals surface area contributed by atoms with Crippen LogP contribution in [0.4, 0.5) is 17.1 Å². The van der Waals surface area contributed by atoms with Crippen molar-refractivity contribution in [2.24, 2.45) is 0 Å². The molecule has 2 aromatic rings. The fourth-order valence-corrected chi connectivity index (χ4v) is 2.94. The predicted molar refractivity (Wildman–Crippen MR) is 106 cm³/mol. The van der Waals surface area contributed by atoms with Crippen LogP contribution in [0, 0.1) is 6.92 Å². The molecule has 0 bridgehead atoms. The normalized spacial score (nSPS) is 14.7. The maximum Gasteiger partial charge on any atom is 0.314 e. The van der Waals surface area contributed by atoms with Crippen LogP contribution in [0.15, 0.2) is 42.5 Å². The minimum absolute atomic E-state index is 0.0849. The molecule has 2 amide bonds. The number of aromatic hydroxyl groups is 1. The molecule has 2 aromatic carbocycles. The molecule has 0 aromatic heterocycles. The van der Waals surface area contributed by atoms with Crippen LogP contribution in [0.25, 0.3) is 0 Å². The van der Waals surface area contributed by atoms with Crippen molar-refractivity contribution in [2.45, 2.75) is 6.92 Å². The number of phenols is 1. The Labute approximate surface area is 158 Å². The van der Waals surface area contributed by atoms with Gasteiger partial charge in [0.25, 0.3) is 0 Å². The zero-order valence-electron chi connectivity index (χ0n) is 15.5. The summed E-state index contributed by atoms with van der Waals surface area (Å²) in [5.74, 6) is -1.71. The van der Waals surface area contributed by atoms with Crippen LogP contribution in [0.2, 0.25) is 0 Å². The van der Waals surface area contributed by atoms with Crippen LogP contribution < -0.4 is 15.5 Å². The average Bonchev–Trinajstić information content (AvgIpc) is 2.66. The van der Waals surface area contributed by atoms with Crippen LogP contribution in [-0.4, -0.2) is 55.0 Å². The molecule has 0 aliphatic carbocycles. The zero-order chi connectivity index (χ0) is 19.4. The number of rotatable bonds is 3. The minimum atomic E-state index is -0.834. The summed E-state index contributed by atoms with van der Waals surface area (Å²) in [6.45, 7) is 5.79. The number of carbonyl (C=O) groups is 2. The first kappa shape index (κ1) is 18.7. The number of hydrogen-bond donors (Lipinski definition) is 3. The summed E-state index contributed by atoms with van der Waals surface area (Å²) in [4.78, 5) is 28.8. The Hall–Kier alpha value is -3.06. The zero-order valence-corrected chi connectivity index (χ0v) is 15.5. The summed E-state index contributed by atoms with van der Waals surface area (Å²) in [6.07, 6.45) is 0. The van der Waals surface area contributed by atoms with Gasteiger partial charge in [-0.3, -0.25) is 9.59 Å². The molecule has 142 valence electrons. The second-order valence-electron chi connectivity index (χ2n) is 6.77. The fraction of sp³-hybridized carbons (Fsp3) is 0.300. The first-order chi connectivity index (χ1) is 12.9. The first-order valence-corrected chi connectivity index (χ1v) is 8.88. The summed E-state index contributed by atoms with van der Waals surface area (Å²) in [7, 11) is 2.11. The number of phenolic OH excluding ortho intramolecular Hbond substituents is 1. The van der Waals surface area contributed by atoms with Crippen molar-refractivity contribution < 1.29 is 14.7 Å². The molecule has 3 rings (SSSR count). The topological polar surface area (TPSA) is 84.9 Å². The summed E-state index contributed by atoms with van der Waals surface area (Å²) < 4.78 is 0. The monoisotopic (exact) mass is 368 g/mol. The molecule has 1 heterocycles. The van der Waals surface area contributed by atoms with Gasteiger partial charge in [-0.1, -0.05) is 6.07 Å². The highest BCUT2D eigenvalue weighted by atomic mass is 16.3. The largest absolute Gasteiger partial charge is 0.506 e. The molecule has 3 N–H and O–H groups in total. The number of piperazine rings is 1. The standard InChI is InChI=1S/C20H24N4O3/c1-14-3-8-18(25)17(13-14)22-20(27)19(26)21-15-4-6-16(7-5-15)24-11-9-23(2)10-12-24/h3-8,13,25H,9-12H2,1-2H3,(H,21,26)(H,22,27). The van der Waals surface area contributed by atoms with Gasteiger partial charge in [0.1, 0.15) is 5.75 Å². The van der Waals surface area contributed by atoms with Gasteiger partial charge in [0.05, 0.1) is 5.69 Å². The molecule has 0 unspecified atom stereocenters.